The molecule has 192 valence electrons. The van der Waals surface area contributed by atoms with Crippen molar-refractivity contribution >= 4 is 12.4 Å². The van der Waals surface area contributed by atoms with Crippen molar-refractivity contribution in [3.8, 4) is 17.2 Å². The molecule has 0 amide bonds. The van der Waals surface area contributed by atoms with E-state index in [4.69, 9.17) is 14.7 Å². The Morgan fingerprint density at radius 1 is 0.946 bits per heavy atom. The molecule has 3 aromatic carbocycles. The van der Waals surface area contributed by atoms with E-state index in [1.807, 2.05) is 67.7 Å². The van der Waals surface area contributed by atoms with Gasteiger partial charge in [-0.2, -0.15) is 0 Å². The smallest absolute Gasteiger partial charge is 0.128 e. The average Bonchev–Trinajstić information content (AvgIpc) is 2.88. The predicted octanol–water partition coefficient (Wildman–Crippen LogP) is 6.72. The zero-order valence-electron chi connectivity index (χ0n) is 21.9. The van der Waals surface area contributed by atoms with Crippen molar-refractivity contribution in [3.05, 3.63) is 89.0 Å². The molecule has 0 saturated heterocycles. The van der Waals surface area contributed by atoms with Gasteiger partial charge in [-0.05, 0) is 78.8 Å². The van der Waals surface area contributed by atoms with Crippen LogP contribution in [-0.4, -0.2) is 34.7 Å². The van der Waals surface area contributed by atoms with E-state index in [0.717, 1.165) is 35.4 Å². The minimum Gasteiger partial charge on any atom is -0.507 e. The second kappa shape index (κ2) is 10.0. The van der Waals surface area contributed by atoms with Crippen molar-refractivity contribution in [3.63, 3.8) is 0 Å². The molecule has 0 aromatic heterocycles. The molecule has 3 aliphatic rings. The molecule has 2 N–H and O–H groups in total. The van der Waals surface area contributed by atoms with Gasteiger partial charge in [-0.3, -0.25) is 9.98 Å². The fourth-order valence-electron chi connectivity index (χ4n) is 6.13. The van der Waals surface area contributed by atoms with Crippen molar-refractivity contribution in [2.24, 2.45) is 27.2 Å². The van der Waals surface area contributed by atoms with Crippen LogP contribution in [0.4, 0.5) is 0 Å². The van der Waals surface area contributed by atoms with Gasteiger partial charge in [-0.1, -0.05) is 50.2 Å². The summed E-state index contributed by atoms with van der Waals surface area (Å²) in [4.78, 5) is 9.94. The van der Waals surface area contributed by atoms with Crippen LogP contribution in [0.3, 0.4) is 0 Å². The highest BCUT2D eigenvalue weighted by Crippen LogP contribution is 2.64. The second-order valence-corrected chi connectivity index (χ2v) is 11.2. The van der Waals surface area contributed by atoms with Crippen LogP contribution in [0.25, 0.3) is 0 Å². The normalized spacial score (nSPS) is 24.3. The Kier molecular flexibility index (Phi) is 6.80. The maximum absolute atomic E-state index is 10.6. The predicted molar refractivity (Wildman–Crippen MR) is 149 cm³/mol. The number of phenols is 2. The van der Waals surface area contributed by atoms with Gasteiger partial charge in [0.05, 0.1) is 12.1 Å². The van der Waals surface area contributed by atoms with E-state index in [2.05, 4.69) is 13.8 Å². The SMILES string of the molecule is Cc1ccc(C=NC2(CN=Cc3ccc(OCc4ccccc4)cc3O)CC[C@H]3CC2C3(C)C)c(O)c1. The molecule has 6 rings (SSSR count). The number of ether oxygens (including phenoxy) is 1. The molecule has 37 heavy (non-hydrogen) atoms. The summed E-state index contributed by atoms with van der Waals surface area (Å²) in [5.74, 6) is 2.19. The van der Waals surface area contributed by atoms with Crippen molar-refractivity contribution in [1.29, 1.82) is 0 Å². The van der Waals surface area contributed by atoms with Crippen LogP contribution >= 0.6 is 0 Å². The molecule has 3 atom stereocenters. The van der Waals surface area contributed by atoms with Crippen molar-refractivity contribution in [2.45, 2.75) is 52.2 Å². The Labute approximate surface area is 219 Å². The van der Waals surface area contributed by atoms with Crippen molar-refractivity contribution < 1.29 is 14.9 Å². The monoisotopic (exact) mass is 496 g/mol. The maximum Gasteiger partial charge on any atom is 0.128 e. The van der Waals surface area contributed by atoms with Crippen molar-refractivity contribution in [2.75, 3.05) is 6.54 Å². The number of rotatable bonds is 8. The topological polar surface area (TPSA) is 74.4 Å². The van der Waals surface area contributed by atoms with Crippen LogP contribution in [0.2, 0.25) is 0 Å². The molecular formula is C32H36N2O3. The summed E-state index contributed by atoms with van der Waals surface area (Å²) in [5.41, 5.74) is 3.39. The Balaban J connectivity index is 1.32. The van der Waals surface area contributed by atoms with Gasteiger partial charge < -0.3 is 14.9 Å². The summed E-state index contributed by atoms with van der Waals surface area (Å²) in [6, 6.07) is 21.0. The van der Waals surface area contributed by atoms with E-state index >= 15 is 0 Å². The lowest BCUT2D eigenvalue weighted by molar-refractivity contribution is -0.112. The third-order valence-electron chi connectivity index (χ3n) is 8.54. The highest BCUT2D eigenvalue weighted by Gasteiger charge is 2.61. The molecule has 3 aliphatic carbocycles. The van der Waals surface area contributed by atoms with E-state index in [0.29, 0.717) is 30.4 Å². The lowest BCUT2D eigenvalue weighted by Gasteiger charge is -2.63. The number of phenolic OH excluding ortho intramolecular Hbond substituents is 2. The van der Waals surface area contributed by atoms with Crippen LogP contribution in [0.5, 0.6) is 17.2 Å². The van der Waals surface area contributed by atoms with E-state index < -0.39 is 0 Å². The average molecular weight is 497 g/mol. The van der Waals surface area contributed by atoms with Gasteiger partial charge in [-0.25, -0.2) is 0 Å². The van der Waals surface area contributed by atoms with Crippen LogP contribution in [0.1, 0.15) is 55.4 Å². The number of hydrogen-bond acceptors (Lipinski definition) is 5. The Morgan fingerprint density at radius 2 is 1.68 bits per heavy atom. The van der Waals surface area contributed by atoms with E-state index in [1.165, 1.54) is 6.42 Å². The molecule has 5 heteroatoms. The molecular weight excluding hydrogens is 460 g/mol. The molecule has 0 heterocycles. The Bertz CT molecular complexity index is 1310. The highest BCUT2D eigenvalue weighted by molar-refractivity contribution is 5.85. The van der Waals surface area contributed by atoms with Gasteiger partial charge in [0.2, 0.25) is 0 Å². The summed E-state index contributed by atoms with van der Waals surface area (Å²) in [6.45, 7) is 7.66. The van der Waals surface area contributed by atoms with Gasteiger partial charge >= 0.3 is 0 Å². The molecule has 2 bridgehead atoms. The van der Waals surface area contributed by atoms with Crippen LogP contribution in [0.15, 0.2) is 76.7 Å². The van der Waals surface area contributed by atoms with E-state index in [1.54, 1.807) is 18.3 Å². The minimum absolute atomic E-state index is 0.143. The van der Waals surface area contributed by atoms with Gasteiger partial charge in [0.25, 0.3) is 0 Å². The number of aliphatic imine (C=N–C) groups is 2. The fraction of sp³-hybridized carbons (Fsp3) is 0.375. The standard InChI is InChI=1S/C32H36N2O3/c1-22-9-10-25(28(35)15-22)19-34-32(14-13-26-16-30(32)31(26,2)3)21-33-18-24-11-12-27(17-29(24)36)37-20-23-7-5-4-6-8-23/h4-12,15,17-19,26,30,35-36H,13-14,16,20-21H2,1-3H3/t26-,30?,32?/m0/s1. The molecule has 2 unspecified atom stereocenters. The minimum atomic E-state index is -0.319. The maximum atomic E-state index is 10.6. The quantitative estimate of drug-likeness (QED) is 0.340. The number of aromatic hydroxyl groups is 2. The molecule has 0 aliphatic heterocycles. The molecule has 3 saturated carbocycles. The molecule has 3 fully saturated rings. The first-order chi connectivity index (χ1) is 17.8. The number of aryl methyl sites for hydroxylation is 1. The zero-order valence-corrected chi connectivity index (χ0v) is 21.9. The third kappa shape index (κ3) is 5.13. The first-order valence-electron chi connectivity index (χ1n) is 13.1. The van der Waals surface area contributed by atoms with Gasteiger partial charge in [-0.15, -0.1) is 0 Å². The van der Waals surface area contributed by atoms with Crippen molar-refractivity contribution in [1.82, 2.24) is 0 Å². The number of benzene rings is 3. The fourth-order valence-corrected chi connectivity index (χ4v) is 6.13. The summed E-state index contributed by atoms with van der Waals surface area (Å²) >= 11 is 0. The van der Waals surface area contributed by atoms with Crippen LogP contribution in [-0.2, 0) is 6.61 Å². The van der Waals surface area contributed by atoms with Gasteiger partial charge in [0.15, 0.2) is 0 Å². The number of nitrogens with zero attached hydrogens (tertiary/aromatic N) is 2. The van der Waals surface area contributed by atoms with Crippen LogP contribution < -0.4 is 4.74 Å². The van der Waals surface area contributed by atoms with E-state index in [-0.39, 0.29) is 22.5 Å². The third-order valence-corrected chi connectivity index (χ3v) is 8.54. The number of fused-ring (bicyclic) bond motifs is 2. The first kappa shape index (κ1) is 25.1. The van der Waals surface area contributed by atoms with Gasteiger partial charge in [0.1, 0.15) is 23.9 Å². The summed E-state index contributed by atoms with van der Waals surface area (Å²) < 4.78 is 5.83. The lowest BCUT2D eigenvalue weighted by atomic mass is 9.43. The molecule has 0 spiro atoms. The van der Waals surface area contributed by atoms with E-state index in [9.17, 15) is 10.2 Å². The first-order valence-corrected chi connectivity index (χ1v) is 13.1. The molecule has 0 radical (unpaired) electrons. The van der Waals surface area contributed by atoms with Crippen LogP contribution in [0, 0.1) is 24.2 Å². The zero-order chi connectivity index (χ0) is 26.0. The molecule has 5 nitrogen and oxygen atoms in total. The number of hydrogen-bond donors (Lipinski definition) is 2. The Morgan fingerprint density at radius 3 is 2.38 bits per heavy atom. The highest BCUT2D eigenvalue weighted by atomic mass is 16.5. The lowest BCUT2D eigenvalue weighted by Crippen LogP contribution is -2.61. The summed E-state index contributed by atoms with van der Waals surface area (Å²) in [5, 5.41) is 21.0. The molecule has 3 aromatic rings. The largest absolute Gasteiger partial charge is 0.507 e. The summed E-state index contributed by atoms with van der Waals surface area (Å²) in [7, 11) is 0. The van der Waals surface area contributed by atoms with Gasteiger partial charge in [0, 0.05) is 29.6 Å². The Hall–Kier alpha value is -3.60. The second-order valence-electron chi connectivity index (χ2n) is 11.2. The summed E-state index contributed by atoms with van der Waals surface area (Å²) in [6.07, 6.45) is 6.85.